The fraction of sp³-hybridized carbons (Fsp3) is 0.625. The zero-order valence-corrected chi connectivity index (χ0v) is 13.2. The first-order valence-electron chi connectivity index (χ1n) is 7.48. The van der Waals surface area contributed by atoms with Crippen LogP contribution in [0.4, 0.5) is 5.69 Å². The molecule has 2 aliphatic heterocycles. The number of hydrogen-bond donors (Lipinski definition) is 1. The van der Waals surface area contributed by atoms with Crippen molar-refractivity contribution in [2.24, 2.45) is 0 Å². The molecule has 0 bridgehead atoms. The number of rotatable bonds is 2. The van der Waals surface area contributed by atoms with Crippen LogP contribution in [0.1, 0.15) is 20.3 Å². The Morgan fingerprint density at radius 3 is 3.10 bits per heavy atom. The summed E-state index contributed by atoms with van der Waals surface area (Å²) in [5, 5.41) is 3.48. The van der Waals surface area contributed by atoms with Crippen LogP contribution in [0.3, 0.4) is 0 Å². The minimum absolute atomic E-state index is 0.260. The van der Waals surface area contributed by atoms with Gasteiger partial charge in [-0.1, -0.05) is 26.0 Å². The van der Waals surface area contributed by atoms with E-state index in [1.807, 2.05) is 12.1 Å². The van der Waals surface area contributed by atoms with Gasteiger partial charge < -0.3 is 10.1 Å². The highest BCUT2D eigenvalue weighted by atomic mass is 32.2. The summed E-state index contributed by atoms with van der Waals surface area (Å²) < 4.78 is 6.54. The second-order valence-corrected chi connectivity index (χ2v) is 8.08. The monoisotopic (exact) mass is 292 g/mol. The van der Waals surface area contributed by atoms with E-state index in [1.165, 1.54) is 25.3 Å². The number of nitrogens with zero attached hydrogens (tertiary/aromatic N) is 1. The number of thioether (sulfide) groups is 1. The normalized spacial score (nSPS) is 26.0. The van der Waals surface area contributed by atoms with E-state index in [2.05, 4.69) is 48.0 Å². The summed E-state index contributed by atoms with van der Waals surface area (Å²) in [7, 11) is 0. The number of hydrogen-bond acceptors (Lipinski definition) is 4. The van der Waals surface area contributed by atoms with Crippen molar-refractivity contribution >= 4 is 17.4 Å². The Morgan fingerprint density at radius 2 is 2.20 bits per heavy atom. The molecule has 1 aromatic rings. The molecule has 3 rings (SSSR count). The molecule has 2 heterocycles. The molecule has 110 valence electrons. The Morgan fingerprint density at radius 1 is 1.35 bits per heavy atom. The third-order valence-electron chi connectivity index (χ3n) is 4.09. The Hall–Kier alpha value is -0.870. The highest BCUT2D eigenvalue weighted by molar-refractivity contribution is 8.00. The van der Waals surface area contributed by atoms with Crippen LogP contribution in [-0.2, 0) is 0 Å². The summed E-state index contributed by atoms with van der Waals surface area (Å²) in [6.07, 6.45) is 1.52. The number of fused-ring (bicyclic) bond motifs is 1. The first-order valence-corrected chi connectivity index (χ1v) is 8.47. The number of benzene rings is 1. The first-order chi connectivity index (χ1) is 9.62. The average Bonchev–Trinajstić information content (AvgIpc) is 2.60. The van der Waals surface area contributed by atoms with Crippen molar-refractivity contribution in [3.63, 3.8) is 0 Å². The molecule has 1 saturated heterocycles. The fourth-order valence-corrected chi connectivity index (χ4v) is 3.93. The Balaban J connectivity index is 1.57. The maximum absolute atomic E-state index is 6.12. The second-order valence-electron chi connectivity index (χ2n) is 6.28. The lowest BCUT2D eigenvalue weighted by atomic mass is 10.1. The first kappa shape index (κ1) is 14.1. The third-order valence-corrected chi connectivity index (χ3v) is 5.47. The van der Waals surface area contributed by atoms with Gasteiger partial charge in [0.15, 0.2) is 0 Å². The van der Waals surface area contributed by atoms with Crippen LogP contribution in [0, 0.1) is 0 Å². The van der Waals surface area contributed by atoms with E-state index in [1.54, 1.807) is 0 Å². The fourth-order valence-electron chi connectivity index (χ4n) is 2.80. The predicted molar refractivity (Wildman–Crippen MR) is 86.9 cm³/mol. The van der Waals surface area contributed by atoms with Gasteiger partial charge in [0.05, 0.1) is 12.2 Å². The van der Waals surface area contributed by atoms with Crippen LogP contribution in [0.15, 0.2) is 24.3 Å². The van der Waals surface area contributed by atoms with Crippen molar-refractivity contribution in [3.8, 4) is 5.75 Å². The summed E-state index contributed by atoms with van der Waals surface area (Å²) >= 11 is 2.10. The Labute approximate surface area is 126 Å². The quantitative estimate of drug-likeness (QED) is 0.905. The molecule has 1 N–H and O–H groups in total. The molecule has 3 nitrogen and oxygen atoms in total. The van der Waals surface area contributed by atoms with Crippen LogP contribution in [0.25, 0.3) is 0 Å². The summed E-state index contributed by atoms with van der Waals surface area (Å²) in [6.45, 7) is 9.01. The summed E-state index contributed by atoms with van der Waals surface area (Å²) in [4.78, 5) is 2.56. The van der Waals surface area contributed by atoms with E-state index >= 15 is 0 Å². The molecule has 0 saturated carbocycles. The largest absolute Gasteiger partial charge is 0.485 e. The molecule has 1 unspecified atom stereocenters. The summed E-state index contributed by atoms with van der Waals surface area (Å²) in [5.74, 6) is 2.22. The highest BCUT2D eigenvalue weighted by Gasteiger charge is 2.26. The van der Waals surface area contributed by atoms with E-state index in [-0.39, 0.29) is 6.10 Å². The van der Waals surface area contributed by atoms with Crippen LogP contribution in [0.5, 0.6) is 5.75 Å². The molecule has 1 fully saturated rings. The van der Waals surface area contributed by atoms with Gasteiger partial charge in [-0.15, -0.1) is 0 Å². The highest BCUT2D eigenvalue weighted by Crippen LogP contribution is 2.32. The molecule has 1 atom stereocenters. The van der Waals surface area contributed by atoms with Gasteiger partial charge in [0, 0.05) is 23.6 Å². The molecule has 0 amide bonds. The lowest BCUT2D eigenvalue weighted by molar-refractivity contribution is 0.139. The summed E-state index contributed by atoms with van der Waals surface area (Å²) in [5.41, 5.74) is 1.12. The van der Waals surface area contributed by atoms with Crippen molar-refractivity contribution in [2.75, 3.05) is 37.2 Å². The lowest BCUT2D eigenvalue weighted by Gasteiger charge is -2.31. The van der Waals surface area contributed by atoms with Crippen LogP contribution >= 0.6 is 11.8 Å². The van der Waals surface area contributed by atoms with Crippen LogP contribution in [0.2, 0.25) is 0 Å². The molecular formula is C16H24N2OS. The average molecular weight is 292 g/mol. The van der Waals surface area contributed by atoms with Gasteiger partial charge in [0.1, 0.15) is 11.9 Å². The number of anilines is 1. The van der Waals surface area contributed by atoms with Crippen molar-refractivity contribution in [3.05, 3.63) is 24.3 Å². The van der Waals surface area contributed by atoms with Gasteiger partial charge in [-0.3, -0.25) is 4.90 Å². The maximum atomic E-state index is 6.12. The molecule has 1 aromatic carbocycles. The van der Waals surface area contributed by atoms with E-state index in [9.17, 15) is 0 Å². The summed E-state index contributed by atoms with van der Waals surface area (Å²) in [6, 6.07) is 8.21. The van der Waals surface area contributed by atoms with Gasteiger partial charge in [-0.05, 0) is 25.1 Å². The second kappa shape index (κ2) is 5.86. The van der Waals surface area contributed by atoms with Gasteiger partial charge in [0.25, 0.3) is 0 Å². The maximum Gasteiger partial charge on any atom is 0.142 e. The zero-order chi connectivity index (χ0) is 14.0. The zero-order valence-electron chi connectivity index (χ0n) is 12.4. The molecule has 2 aliphatic rings. The molecule has 20 heavy (non-hydrogen) atoms. The Kier molecular flexibility index (Phi) is 4.13. The van der Waals surface area contributed by atoms with Crippen molar-refractivity contribution in [1.82, 2.24) is 4.90 Å². The van der Waals surface area contributed by atoms with Crippen molar-refractivity contribution in [2.45, 2.75) is 31.1 Å². The number of ether oxygens (including phenoxy) is 1. The molecule has 0 spiro atoms. The Bertz CT molecular complexity index is 464. The smallest absolute Gasteiger partial charge is 0.142 e. The van der Waals surface area contributed by atoms with E-state index < -0.39 is 0 Å². The van der Waals surface area contributed by atoms with E-state index in [0.29, 0.717) is 4.75 Å². The van der Waals surface area contributed by atoms with Gasteiger partial charge in [-0.25, -0.2) is 0 Å². The molecule has 0 aromatic heterocycles. The van der Waals surface area contributed by atoms with Gasteiger partial charge in [0.2, 0.25) is 0 Å². The van der Waals surface area contributed by atoms with E-state index in [0.717, 1.165) is 24.5 Å². The number of para-hydroxylation sites is 2. The van der Waals surface area contributed by atoms with E-state index in [4.69, 9.17) is 4.74 Å². The van der Waals surface area contributed by atoms with Gasteiger partial charge in [-0.2, -0.15) is 11.8 Å². The van der Waals surface area contributed by atoms with Crippen LogP contribution in [-0.4, -0.2) is 47.7 Å². The lowest BCUT2D eigenvalue weighted by Crippen LogP contribution is -2.42. The molecular weight excluding hydrogens is 268 g/mol. The van der Waals surface area contributed by atoms with Crippen LogP contribution < -0.4 is 10.1 Å². The predicted octanol–water partition coefficient (Wildman–Crippen LogP) is 3.08. The standard InChI is InChI=1S/C16H24N2OS/c1-16(2)7-8-18(9-10-20-16)12-13-11-17-14-5-3-4-6-15(14)19-13/h3-6,13,17H,7-12H2,1-2H3. The third kappa shape index (κ3) is 3.41. The molecule has 4 heteroatoms. The molecule has 0 radical (unpaired) electrons. The topological polar surface area (TPSA) is 24.5 Å². The van der Waals surface area contributed by atoms with Crippen molar-refractivity contribution < 1.29 is 4.74 Å². The minimum atomic E-state index is 0.260. The molecule has 0 aliphatic carbocycles. The van der Waals surface area contributed by atoms with Gasteiger partial charge >= 0.3 is 0 Å². The SMILES string of the molecule is CC1(C)CCN(CC2CNc3ccccc3O2)CCS1. The minimum Gasteiger partial charge on any atom is -0.485 e. The number of nitrogens with one attached hydrogen (secondary N) is 1. The van der Waals surface area contributed by atoms with Crippen molar-refractivity contribution in [1.29, 1.82) is 0 Å².